The van der Waals surface area contributed by atoms with E-state index in [0.29, 0.717) is 39.0 Å². The Kier molecular flexibility index (Phi) is 6.23. The molecule has 0 N–H and O–H groups in total. The van der Waals surface area contributed by atoms with Gasteiger partial charge in [-0.25, -0.2) is 4.39 Å². The van der Waals surface area contributed by atoms with Crippen LogP contribution in [0.15, 0.2) is 48.5 Å². The van der Waals surface area contributed by atoms with Gasteiger partial charge in [0, 0.05) is 25.9 Å². The van der Waals surface area contributed by atoms with Gasteiger partial charge in [0.2, 0.25) is 5.91 Å². The zero-order valence-electron chi connectivity index (χ0n) is 15.0. The van der Waals surface area contributed by atoms with Crippen LogP contribution in [0.2, 0.25) is 0 Å². The fourth-order valence-corrected chi connectivity index (χ4v) is 3.31. The predicted octanol–water partition coefficient (Wildman–Crippen LogP) is 3.24. The molecule has 0 saturated carbocycles. The molecule has 138 valence electrons. The minimum absolute atomic E-state index is 0.0965. The lowest BCUT2D eigenvalue weighted by Crippen LogP contribution is -2.46. The van der Waals surface area contributed by atoms with Gasteiger partial charge in [-0.3, -0.25) is 4.79 Å². The molecule has 0 aliphatic carbocycles. The Balaban J connectivity index is 1.54. The summed E-state index contributed by atoms with van der Waals surface area (Å²) < 4.78 is 24.4. The molecule has 0 spiro atoms. The van der Waals surface area contributed by atoms with E-state index < -0.39 is 0 Å². The second kappa shape index (κ2) is 8.81. The normalized spacial score (nSPS) is 17.2. The molecule has 1 heterocycles. The van der Waals surface area contributed by atoms with E-state index in [1.165, 1.54) is 12.1 Å². The average molecular weight is 357 g/mol. The van der Waals surface area contributed by atoms with Gasteiger partial charge >= 0.3 is 0 Å². The van der Waals surface area contributed by atoms with Crippen LogP contribution < -0.4 is 4.74 Å². The molecule has 2 aromatic rings. The summed E-state index contributed by atoms with van der Waals surface area (Å²) in [5.41, 5.74) is 1.92. The summed E-state index contributed by atoms with van der Waals surface area (Å²) in [6.07, 6.45) is 1.59. The van der Waals surface area contributed by atoms with Crippen molar-refractivity contribution in [2.75, 3.05) is 26.8 Å². The van der Waals surface area contributed by atoms with E-state index in [4.69, 9.17) is 9.47 Å². The van der Waals surface area contributed by atoms with Gasteiger partial charge in [0.1, 0.15) is 11.6 Å². The first kappa shape index (κ1) is 18.4. The van der Waals surface area contributed by atoms with E-state index in [1.54, 1.807) is 13.2 Å². The highest BCUT2D eigenvalue weighted by atomic mass is 19.1. The lowest BCUT2D eigenvalue weighted by molar-refractivity contribution is -0.138. The number of amides is 1. The number of halogens is 1. The van der Waals surface area contributed by atoms with Crippen LogP contribution in [0.3, 0.4) is 0 Å². The van der Waals surface area contributed by atoms with Crippen molar-refractivity contribution in [3.63, 3.8) is 0 Å². The van der Waals surface area contributed by atoms with Gasteiger partial charge in [-0.1, -0.05) is 30.3 Å². The molecular formula is C21H24FNO3. The highest BCUT2D eigenvalue weighted by Gasteiger charge is 2.24. The zero-order valence-corrected chi connectivity index (χ0v) is 15.0. The zero-order chi connectivity index (χ0) is 18.4. The maximum Gasteiger partial charge on any atom is 0.223 e. The number of nitrogens with zero attached hydrogens (tertiary/aromatic N) is 1. The Morgan fingerprint density at radius 1 is 1.27 bits per heavy atom. The molecule has 5 heteroatoms. The Bertz CT molecular complexity index is 750. The fourth-order valence-electron chi connectivity index (χ4n) is 3.31. The summed E-state index contributed by atoms with van der Waals surface area (Å²) in [6.45, 7) is 1.66. The van der Waals surface area contributed by atoms with Gasteiger partial charge in [0.15, 0.2) is 0 Å². The van der Waals surface area contributed by atoms with Gasteiger partial charge < -0.3 is 14.4 Å². The molecule has 1 atom stereocenters. The molecule has 1 amide bonds. The molecule has 0 bridgehead atoms. The third kappa shape index (κ3) is 4.82. The first-order valence-corrected chi connectivity index (χ1v) is 8.91. The van der Waals surface area contributed by atoms with Crippen LogP contribution in [-0.2, 0) is 22.4 Å². The van der Waals surface area contributed by atoms with E-state index in [-0.39, 0.29) is 17.8 Å². The summed E-state index contributed by atoms with van der Waals surface area (Å²) >= 11 is 0. The van der Waals surface area contributed by atoms with Gasteiger partial charge in [-0.15, -0.1) is 0 Å². The second-order valence-corrected chi connectivity index (χ2v) is 6.48. The van der Waals surface area contributed by atoms with E-state index in [1.807, 2.05) is 35.2 Å². The van der Waals surface area contributed by atoms with E-state index in [0.717, 1.165) is 16.9 Å². The number of carbonyl (C=O) groups excluding carboxylic acids is 1. The van der Waals surface area contributed by atoms with Crippen LogP contribution in [-0.4, -0.2) is 43.7 Å². The highest BCUT2D eigenvalue weighted by molar-refractivity contribution is 5.76. The lowest BCUT2D eigenvalue weighted by Gasteiger charge is -2.33. The summed E-state index contributed by atoms with van der Waals surface area (Å²) in [5, 5.41) is 0. The van der Waals surface area contributed by atoms with Crippen LogP contribution in [0.4, 0.5) is 4.39 Å². The maximum atomic E-state index is 13.3. The number of morpholine rings is 1. The predicted molar refractivity (Wildman–Crippen MR) is 97.7 cm³/mol. The van der Waals surface area contributed by atoms with Gasteiger partial charge in [0.25, 0.3) is 0 Å². The first-order valence-electron chi connectivity index (χ1n) is 8.91. The minimum atomic E-state index is -0.247. The summed E-state index contributed by atoms with van der Waals surface area (Å²) in [5.74, 6) is 0.678. The van der Waals surface area contributed by atoms with E-state index in [9.17, 15) is 9.18 Å². The second-order valence-electron chi connectivity index (χ2n) is 6.48. The standard InChI is InChI=1S/C21H24FNO3/c1-25-20-8-3-2-6-17(20)9-10-21(24)23-11-12-26-19(15-23)14-16-5-4-7-18(22)13-16/h2-8,13,19H,9-12,14-15H2,1H3/t19-/m0/s1. The summed E-state index contributed by atoms with van der Waals surface area (Å²) in [6, 6.07) is 14.3. The van der Waals surface area contributed by atoms with Crippen LogP contribution >= 0.6 is 0 Å². The number of carbonyl (C=O) groups is 1. The Morgan fingerprint density at radius 2 is 2.12 bits per heavy atom. The third-order valence-corrected chi connectivity index (χ3v) is 4.64. The SMILES string of the molecule is COc1ccccc1CCC(=O)N1CCO[C@@H](Cc2cccc(F)c2)C1. The van der Waals surface area contributed by atoms with Crippen molar-refractivity contribution in [2.24, 2.45) is 0 Å². The smallest absolute Gasteiger partial charge is 0.223 e. The van der Waals surface area contributed by atoms with Gasteiger partial charge in [-0.2, -0.15) is 0 Å². The summed E-state index contributed by atoms with van der Waals surface area (Å²) in [4.78, 5) is 14.4. The Labute approximate surface area is 153 Å². The number of para-hydroxylation sites is 1. The molecule has 1 aliphatic rings. The first-order chi connectivity index (χ1) is 12.7. The monoisotopic (exact) mass is 357 g/mol. The molecule has 1 fully saturated rings. The largest absolute Gasteiger partial charge is 0.496 e. The molecule has 0 aromatic heterocycles. The van der Waals surface area contributed by atoms with Crippen molar-refractivity contribution in [3.05, 3.63) is 65.5 Å². The molecule has 1 aliphatic heterocycles. The third-order valence-electron chi connectivity index (χ3n) is 4.64. The number of hydrogen-bond donors (Lipinski definition) is 0. The average Bonchev–Trinajstić information content (AvgIpc) is 2.66. The number of hydrogen-bond acceptors (Lipinski definition) is 3. The van der Waals surface area contributed by atoms with Crippen LogP contribution in [0.5, 0.6) is 5.75 Å². The highest BCUT2D eigenvalue weighted by Crippen LogP contribution is 2.20. The Hall–Kier alpha value is -2.40. The number of benzene rings is 2. The van der Waals surface area contributed by atoms with Crippen LogP contribution in [0, 0.1) is 5.82 Å². The van der Waals surface area contributed by atoms with Crippen molar-refractivity contribution < 1.29 is 18.7 Å². The molecule has 2 aromatic carbocycles. The molecule has 0 unspecified atom stereocenters. The van der Waals surface area contributed by atoms with Gasteiger partial charge in [-0.05, 0) is 35.7 Å². The molecular weight excluding hydrogens is 333 g/mol. The van der Waals surface area contributed by atoms with Gasteiger partial charge in [0.05, 0.1) is 19.8 Å². The number of ether oxygens (including phenoxy) is 2. The molecule has 4 nitrogen and oxygen atoms in total. The number of methoxy groups -OCH3 is 1. The van der Waals surface area contributed by atoms with Crippen molar-refractivity contribution in [3.8, 4) is 5.75 Å². The topological polar surface area (TPSA) is 38.8 Å². The number of aryl methyl sites for hydroxylation is 1. The maximum absolute atomic E-state index is 13.3. The molecule has 1 saturated heterocycles. The van der Waals surface area contributed by atoms with E-state index >= 15 is 0 Å². The van der Waals surface area contributed by atoms with Crippen molar-refractivity contribution in [2.45, 2.75) is 25.4 Å². The fraction of sp³-hybridized carbons (Fsp3) is 0.381. The quantitative estimate of drug-likeness (QED) is 0.797. The molecule has 26 heavy (non-hydrogen) atoms. The van der Waals surface area contributed by atoms with Crippen molar-refractivity contribution in [1.29, 1.82) is 0 Å². The van der Waals surface area contributed by atoms with Crippen molar-refractivity contribution >= 4 is 5.91 Å². The van der Waals surface area contributed by atoms with Crippen molar-refractivity contribution in [1.82, 2.24) is 4.90 Å². The van der Waals surface area contributed by atoms with E-state index in [2.05, 4.69) is 0 Å². The minimum Gasteiger partial charge on any atom is -0.496 e. The van der Waals surface area contributed by atoms with Crippen LogP contribution in [0.25, 0.3) is 0 Å². The van der Waals surface area contributed by atoms with Crippen LogP contribution in [0.1, 0.15) is 17.5 Å². The summed E-state index contributed by atoms with van der Waals surface area (Å²) in [7, 11) is 1.64. The lowest BCUT2D eigenvalue weighted by atomic mass is 10.1. The molecule has 3 rings (SSSR count). The Morgan fingerprint density at radius 3 is 2.92 bits per heavy atom. The number of rotatable bonds is 6. The molecule has 0 radical (unpaired) electrons.